The van der Waals surface area contributed by atoms with Gasteiger partial charge in [-0.25, -0.2) is 4.98 Å². The second-order valence-electron chi connectivity index (χ2n) is 9.41. The van der Waals surface area contributed by atoms with Crippen molar-refractivity contribution in [2.45, 2.75) is 38.8 Å². The topological polar surface area (TPSA) is 76.8 Å². The number of imidazole rings is 1. The van der Waals surface area contributed by atoms with Gasteiger partial charge in [0.05, 0.1) is 24.7 Å². The average molecular weight is 486 g/mol. The van der Waals surface area contributed by atoms with E-state index in [2.05, 4.69) is 0 Å². The Hall–Kier alpha value is -3.84. The lowest BCUT2D eigenvalue weighted by molar-refractivity contribution is -0.117. The van der Waals surface area contributed by atoms with Crippen molar-refractivity contribution in [3.8, 4) is 11.5 Å². The van der Waals surface area contributed by atoms with Crippen molar-refractivity contribution < 1.29 is 19.4 Å². The maximum absolute atomic E-state index is 13.0. The quantitative estimate of drug-likeness (QED) is 0.394. The second kappa shape index (κ2) is 10.0. The Kier molecular flexibility index (Phi) is 6.65. The number of carbonyl (C=O) groups is 1. The van der Waals surface area contributed by atoms with Crippen LogP contribution in [0.25, 0.3) is 11.0 Å². The van der Waals surface area contributed by atoms with Crippen LogP contribution in [0.1, 0.15) is 29.3 Å². The number of nitrogens with zero attached hydrogens (tertiary/aromatic N) is 3. The van der Waals surface area contributed by atoms with Crippen LogP contribution in [0.2, 0.25) is 0 Å². The lowest BCUT2D eigenvalue weighted by Crippen LogP contribution is -2.26. The zero-order chi connectivity index (χ0) is 25.2. The molecule has 7 heteroatoms. The monoisotopic (exact) mass is 485 g/mol. The third kappa shape index (κ3) is 4.79. The number of rotatable bonds is 8. The molecular formula is C29H31N3O4. The van der Waals surface area contributed by atoms with Gasteiger partial charge in [0.2, 0.25) is 5.91 Å². The number of aryl methyl sites for hydroxylation is 2. The number of carbonyl (C=O) groups excluding carboxylic acids is 1. The summed E-state index contributed by atoms with van der Waals surface area (Å²) >= 11 is 0. The molecule has 0 radical (unpaired) electrons. The van der Waals surface area contributed by atoms with E-state index in [4.69, 9.17) is 14.5 Å². The van der Waals surface area contributed by atoms with Crippen molar-refractivity contribution in [1.29, 1.82) is 0 Å². The summed E-state index contributed by atoms with van der Waals surface area (Å²) in [6.07, 6.45) is -0.386. The zero-order valence-corrected chi connectivity index (χ0v) is 20.8. The molecule has 1 aromatic heterocycles. The molecule has 0 bridgehead atoms. The van der Waals surface area contributed by atoms with E-state index >= 15 is 0 Å². The summed E-state index contributed by atoms with van der Waals surface area (Å²) < 4.78 is 13.3. The fourth-order valence-corrected chi connectivity index (χ4v) is 4.82. The number of hydrogen-bond donors (Lipinski definition) is 1. The Morgan fingerprint density at radius 1 is 1.08 bits per heavy atom. The number of para-hydroxylation sites is 2. The number of methoxy groups -OCH3 is 1. The number of aliphatic hydroxyl groups excluding tert-OH is 1. The number of aromatic nitrogens is 2. The molecule has 4 aromatic rings. The van der Waals surface area contributed by atoms with Gasteiger partial charge in [-0.3, -0.25) is 4.79 Å². The highest BCUT2D eigenvalue weighted by Gasteiger charge is 2.35. The molecule has 1 fully saturated rings. The Balaban J connectivity index is 1.38. The molecule has 1 saturated heterocycles. The Morgan fingerprint density at radius 2 is 1.92 bits per heavy atom. The van der Waals surface area contributed by atoms with Crippen molar-refractivity contribution in [3.05, 3.63) is 83.7 Å². The molecule has 1 aliphatic rings. The van der Waals surface area contributed by atoms with Gasteiger partial charge in [0, 0.05) is 30.6 Å². The molecule has 0 spiro atoms. The fourth-order valence-electron chi connectivity index (χ4n) is 4.82. The van der Waals surface area contributed by atoms with Crippen LogP contribution in [0.15, 0.2) is 66.7 Å². The first kappa shape index (κ1) is 23.9. The summed E-state index contributed by atoms with van der Waals surface area (Å²) in [6.45, 7) is 5.02. The molecule has 0 aliphatic carbocycles. The summed E-state index contributed by atoms with van der Waals surface area (Å²) in [4.78, 5) is 19.7. The minimum absolute atomic E-state index is 0.0469. The van der Waals surface area contributed by atoms with Gasteiger partial charge in [-0.1, -0.05) is 30.3 Å². The molecule has 0 saturated carbocycles. The van der Waals surface area contributed by atoms with Crippen LogP contribution >= 0.6 is 0 Å². The van der Waals surface area contributed by atoms with Crippen LogP contribution in [0.4, 0.5) is 5.69 Å². The number of aliphatic hydroxyl groups is 1. The first-order valence-corrected chi connectivity index (χ1v) is 12.2. The Labute approximate surface area is 210 Å². The molecule has 5 rings (SSSR count). The van der Waals surface area contributed by atoms with E-state index in [0.29, 0.717) is 25.3 Å². The number of anilines is 1. The molecule has 36 heavy (non-hydrogen) atoms. The lowest BCUT2D eigenvalue weighted by Gasteiger charge is -2.19. The van der Waals surface area contributed by atoms with Crippen LogP contribution in [-0.4, -0.2) is 46.9 Å². The molecule has 186 valence electrons. The third-order valence-electron chi connectivity index (χ3n) is 6.71. The van der Waals surface area contributed by atoms with E-state index < -0.39 is 6.10 Å². The van der Waals surface area contributed by atoms with E-state index in [1.54, 1.807) is 12.0 Å². The van der Waals surface area contributed by atoms with Gasteiger partial charge >= 0.3 is 0 Å². The molecule has 3 aromatic carbocycles. The predicted molar refractivity (Wildman–Crippen MR) is 140 cm³/mol. The van der Waals surface area contributed by atoms with Gasteiger partial charge in [-0.2, -0.15) is 0 Å². The minimum Gasteiger partial charge on any atom is -0.497 e. The van der Waals surface area contributed by atoms with Crippen LogP contribution < -0.4 is 14.4 Å². The van der Waals surface area contributed by atoms with E-state index in [-0.39, 0.29) is 18.4 Å². The van der Waals surface area contributed by atoms with Gasteiger partial charge in [-0.15, -0.1) is 0 Å². The van der Waals surface area contributed by atoms with Crippen LogP contribution in [-0.2, 0) is 11.3 Å². The summed E-state index contributed by atoms with van der Waals surface area (Å²) in [6, 6.07) is 21.5. The first-order valence-electron chi connectivity index (χ1n) is 12.2. The van der Waals surface area contributed by atoms with Crippen molar-refractivity contribution in [3.63, 3.8) is 0 Å². The third-order valence-corrected chi connectivity index (χ3v) is 6.71. The number of benzene rings is 3. The number of ether oxygens (including phenoxy) is 2. The highest BCUT2D eigenvalue weighted by molar-refractivity contribution is 5.96. The Bertz CT molecular complexity index is 1400. The molecule has 2 heterocycles. The van der Waals surface area contributed by atoms with Gasteiger partial charge in [0.1, 0.15) is 30.0 Å². The fraction of sp³-hybridized carbons (Fsp3) is 0.310. The van der Waals surface area contributed by atoms with E-state index in [1.807, 2.05) is 85.1 Å². The van der Waals surface area contributed by atoms with E-state index in [1.165, 1.54) is 0 Å². The largest absolute Gasteiger partial charge is 0.497 e. The lowest BCUT2D eigenvalue weighted by atomic mass is 10.1. The summed E-state index contributed by atoms with van der Waals surface area (Å²) in [7, 11) is 1.62. The first-order chi connectivity index (χ1) is 17.4. The van der Waals surface area contributed by atoms with Crippen molar-refractivity contribution in [1.82, 2.24) is 9.55 Å². The maximum atomic E-state index is 13.0. The molecule has 0 unspecified atom stereocenters. The molecule has 1 amide bonds. The normalized spacial score (nSPS) is 16.5. The highest BCUT2D eigenvalue weighted by Crippen LogP contribution is 2.34. The summed E-state index contributed by atoms with van der Waals surface area (Å²) in [5.41, 5.74) is 4.74. The van der Waals surface area contributed by atoms with Crippen LogP contribution in [0.5, 0.6) is 11.5 Å². The predicted octanol–water partition coefficient (Wildman–Crippen LogP) is 4.62. The van der Waals surface area contributed by atoms with E-state index in [9.17, 15) is 9.90 Å². The van der Waals surface area contributed by atoms with Gasteiger partial charge in [0.25, 0.3) is 0 Å². The number of amides is 1. The zero-order valence-electron chi connectivity index (χ0n) is 20.8. The van der Waals surface area contributed by atoms with Crippen molar-refractivity contribution in [2.24, 2.45) is 0 Å². The Morgan fingerprint density at radius 3 is 2.75 bits per heavy atom. The van der Waals surface area contributed by atoms with Crippen molar-refractivity contribution >= 4 is 22.6 Å². The smallest absolute Gasteiger partial charge is 0.227 e. The van der Waals surface area contributed by atoms with Crippen LogP contribution in [0.3, 0.4) is 0 Å². The van der Waals surface area contributed by atoms with E-state index in [0.717, 1.165) is 39.4 Å². The van der Waals surface area contributed by atoms with Crippen molar-refractivity contribution in [2.75, 3.05) is 25.2 Å². The summed E-state index contributed by atoms with van der Waals surface area (Å²) in [5, 5.41) is 10.9. The van der Waals surface area contributed by atoms with Crippen LogP contribution in [0, 0.1) is 13.8 Å². The number of hydrogen-bond acceptors (Lipinski definition) is 5. The molecule has 2 atom stereocenters. The second-order valence-corrected chi connectivity index (χ2v) is 9.41. The van der Waals surface area contributed by atoms with Gasteiger partial charge < -0.3 is 24.0 Å². The number of fused-ring (bicyclic) bond motifs is 1. The highest BCUT2D eigenvalue weighted by atomic mass is 16.5. The minimum atomic E-state index is -0.743. The summed E-state index contributed by atoms with van der Waals surface area (Å²) in [5.74, 6) is 2.25. The molecule has 1 aliphatic heterocycles. The SMILES string of the molecule is COc1cccc(N2C[C@@H](c3nc4ccccc4n3C[C@H](O)COc3cc(C)ccc3C)CC2=O)c1. The molecule has 7 nitrogen and oxygen atoms in total. The van der Waals surface area contributed by atoms with Gasteiger partial charge in [0.15, 0.2) is 0 Å². The maximum Gasteiger partial charge on any atom is 0.227 e. The molecule has 1 N–H and O–H groups in total. The standard InChI is InChI=1S/C29H31N3O4/c1-19-11-12-20(2)27(13-19)36-18-23(33)17-32-26-10-5-4-9-25(26)30-29(32)21-14-28(34)31(16-21)22-7-6-8-24(15-22)35-3/h4-13,15,21,23,33H,14,16-18H2,1-3H3/t21-,23-/m0/s1. The molecular weight excluding hydrogens is 454 g/mol. The average Bonchev–Trinajstić information content (AvgIpc) is 3.45. The van der Waals surface area contributed by atoms with Gasteiger partial charge in [-0.05, 0) is 55.3 Å².